The van der Waals surface area contributed by atoms with Gasteiger partial charge in [0.1, 0.15) is 18.1 Å². The lowest BCUT2D eigenvalue weighted by Crippen LogP contribution is -2.57. The second kappa shape index (κ2) is 16.9. The number of nitrogens with two attached hydrogens (primary N) is 5. The van der Waals surface area contributed by atoms with Crippen molar-refractivity contribution in [3.05, 3.63) is 0 Å². The van der Waals surface area contributed by atoms with Crippen molar-refractivity contribution in [1.29, 1.82) is 0 Å². The van der Waals surface area contributed by atoms with E-state index in [4.69, 9.17) is 28.7 Å². The number of rotatable bonds is 17. The number of hydrogen-bond acceptors (Lipinski definition) is 7. The SMILES string of the molecule is CCC(C)C(NC(=O)C(CCCN=C(N)N)NC(=O)C(CCCN=C(N)N)NC(=O)C(C)N)C(=O)O. The molecule has 0 aromatic heterocycles. The summed E-state index contributed by atoms with van der Waals surface area (Å²) in [5.74, 6) is -3.66. The number of carbonyl (C=O) groups excluding carboxylic acids is 3. The number of carboxylic acids is 1. The average molecular weight is 515 g/mol. The number of guanidine groups is 2. The van der Waals surface area contributed by atoms with Crippen LogP contribution in [-0.2, 0) is 19.2 Å². The summed E-state index contributed by atoms with van der Waals surface area (Å²) < 4.78 is 0. The summed E-state index contributed by atoms with van der Waals surface area (Å²) in [5.41, 5.74) is 26.9. The van der Waals surface area contributed by atoms with E-state index in [0.717, 1.165) is 0 Å². The Morgan fingerprint density at radius 1 is 0.778 bits per heavy atom. The average Bonchev–Trinajstić information content (AvgIpc) is 2.79. The maximum atomic E-state index is 13.1. The molecule has 0 spiro atoms. The molecule has 0 aromatic rings. The second-order valence-corrected chi connectivity index (χ2v) is 8.52. The molecule has 0 aliphatic carbocycles. The minimum atomic E-state index is -1.19. The van der Waals surface area contributed by atoms with Crippen molar-refractivity contribution in [2.24, 2.45) is 44.6 Å². The minimum absolute atomic E-state index is 0.109. The van der Waals surface area contributed by atoms with Gasteiger partial charge in [-0.25, -0.2) is 4.79 Å². The quantitative estimate of drug-likeness (QED) is 0.0539. The Hall–Kier alpha value is -3.62. The van der Waals surface area contributed by atoms with Gasteiger partial charge in [-0.1, -0.05) is 20.3 Å². The van der Waals surface area contributed by atoms with Crippen LogP contribution in [0.2, 0.25) is 0 Å². The van der Waals surface area contributed by atoms with Crippen molar-refractivity contribution in [3.63, 3.8) is 0 Å². The molecule has 0 fully saturated rings. The van der Waals surface area contributed by atoms with Gasteiger partial charge < -0.3 is 49.7 Å². The largest absolute Gasteiger partial charge is 0.480 e. The molecule has 5 unspecified atom stereocenters. The van der Waals surface area contributed by atoms with Crippen LogP contribution < -0.4 is 44.6 Å². The minimum Gasteiger partial charge on any atom is -0.480 e. The molecular weight excluding hydrogens is 472 g/mol. The van der Waals surface area contributed by atoms with E-state index in [1.165, 1.54) is 6.92 Å². The predicted octanol–water partition coefficient (Wildman–Crippen LogP) is -2.97. The van der Waals surface area contributed by atoms with Crippen molar-refractivity contribution < 1.29 is 24.3 Å². The maximum absolute atomic E-state index is 13.1. The Morgan fingerprint density at radius 2 is 1.19 bits per heavy atom. The van der Waals surface area contributed by atoms with Gasteiger partial charge in [0, 0.05) is 13.1 Å². The van der Waals surface area contributed by atoms with Gasteiger partial charge in [0.05, 0.1) is 6.04 Å². The first-order chi connectivity index (χ1) is 16.8. The molecule has 0 rings (SSSR count). The molecule has 206 valence electrons. The first kappa shape index (κ1) is 32.4. The van der Waals surface area contributed by atoms with Gasteiger partial charge in [0.2, 0.25) is 17.7 Å². The number of hydrogen-bond donors (Lipinski definition) is 9. The van der Waals surface area contributed by atoms with Gasteiger partial charge in [-0.15, -0.1) is 0 Å². The molecule has 0 bridgehead atoms. The smallest absolute Gasteiger partial charge is 0.326 e. The summed E-state index contributed by atoms with van der Waals surface area (Å²) in [4.78, 5) is 57.6. The fourth-order valence-corrected chi connectivity index (χ4v) is 3.06. The zero-order valence-electron chi connectivity index (χ0n) is 21.2. The van der Waals surface area contributed by atoms with Crippen molar-refractivity contribution in [2.75, 3.05) is 13.1 Å². The van der Waals surface area contributed by atoms with E-state index in [1.807, 2.05) is 0 Å². The van der Waals surface area contributed by atoms with E-state index < -0.39 is 47.9 Å². The lowest BCUT2D eigenvalue weighted by atomic mass is 9.98. The van der Waals surface area contributed by atoms with E-state index in [0.29, 0.717) is 19.3 Å². The topological polar surface area (TPSA) is 279 Å². The highest BCUT2D eigenvalue weighted by Crippen LogP contribution is 2.10. The third kappa shape index (κ3) is 13.3. The summed E-state index contributed by atoms with van der Waals surface area (Å²) in [6.07, 6.45) is 1.46. The van der Waals surface area contributed by atoms with Gasteiger partial charge in [-0.3, -0.25) is 24.4 Å². The Bertz CT molecular complexity index is 794. The van der Waals surface area contributed by atoms with Gasteiger partial charge in [0.15, 0.2) is 11.9 Å². The molecule has 3 amide bonds. The van der Waals surface area contributed by atoms with Crippen LogP contribution in [0.4, 0.5) is 0 Å². The first-order valence-corrected chi connectivity index (χ1v) is 11.8. The van der Waals surface area contributed by atoms with Gasteiger partial charge in [-0.2, -0.15) is 0 Å². The number of carbonyl (C=O) groups is 4. The van der Waals surface area contributed by atoms with Crippen molar-refractivity contribution in [2.45, 2.75) is 77.0 Å². The molecule has 0 radical (unpaired) electrons. The number of aliphatic carboxylic acids is 1. The zero-order chi connectivity index (χ0) is 27.8. The van der Waals surface area contributed by atoms with Crippen molar-refractivity contribution >= 4 is 35.6 Å². The fourth-order valence-electron chi connectivity index (χ4n) is 3.06. The Kier molecular flexibility index (Phi) is 15.2. The van der Waals surface area contributed by atoms with E-state index in [9.17, 15) is 24.3 Å². The van der Waals surface area contributed by atoms with E-state index >= 15 is 0 Å². The third-order valence-corrected chi connectivity index (χ3v) is 5.35. The van der Waals surface area contributed by atoms with Crippen LogP contribution in [0.5, 0.6) is 0 Å². The maximum Gasteiger partial charge on any atom is 0.326 e. The third-order valence-electron chi connectivity index (χ3n) is 5.35. The monoisotopic (exact) mass is 514 g/mol. The zero-order valence-corrected chi connectivity index (χ0v) is 21.2. The summed E-state index contributed by atoms with van der Waals surface area (Å²) in [7, 11) is 0. The molecule has 5 atom stereocenters. The van der Waals surface area contributed by atoms with Gasteiger partial charge >= 0.3 is 5.97 Å². The molecule has 0 saturated carbocycles. The molecule has 0 aromatic carbocycles. The van der Waals surface area contributed by atoms with E-state index in [2.05, 4.69) is 25.9 Å². The van der Waals surface area contributed by atoms with Crippen LogP contribution in [0.1, 0.15) is 52.9 Å². The highest BCUT2D eigenvalue weighted by Gasteiger charge is 2.31. The molecule has 36 heavy (non-hydrogen) atoms. The van der Waals surface area contributed by atoms with E-state index in [-0.39, 0.29) is 43.8 Å². The molecular formula is C21H42N10O5. The normalized spacial score (nSPS) is 14.8. The summed E-state index contributed by atoms with van der Waals surface area (Å²) >= 11 is 0. The lowest BCUT2D eigenvalue weighted by Gasteiger charge is -2.26. The molecule has 14 N–H and O–H groups in total. The number of aliphatic imine (C=N–C) groups is 2. The summed E-state index contributed by atoms with van der Waals surface area (Å²) in [5, 5.41) is 17.2. The first-order valence-electron chi connectivity index (χ1n) is 11.8. The fraction of sp³-hybridized carbons (Fsp3) is 0.714. The van der Waals surface area contributed by atoms with Crippen LogP contribution in [-0.4, -0.2) is 78.0 Å². The highest BCUT2D eigenvalue weighted by atomic mass is 16.4. The Balaban J connectivity index is 5.66. The Labute approximate surface area is 211 Å². The lowest BCUT2D eigenvalue weighted by molar-refractivity contribution is -0.144. The van der Waals surface area contributed by atoms with Crippen LogP contribution in [0, 0.1) is 5.92 Å². The van der Waals surface area contributed by atoms with Crippen LogP contribution in [0.3, 0.4) is 0 Å². The number of nitrogens with one attached hydrogen (secondary N) is 3. The predicted molar refractivity (Wildman–Crippen MR) is 136 cm³/mol. The summed E-state index contributed by atoms with van der Waals surface area (Å²) in [6.45, 7) is 5.37. The Morgan fingerprint density at radius 3 is 1.56 bits per heavy atom. The van der Waals surface area contributed by atoms with E-state index in [1.54, 1.807) is 13.8 Å². The number of amides is 3. The van der Waals surface area contributed by atoms with Crippen molar-refractivity contribution in [3.8, 4) is 0 Å². The van der Waals surface area contributed by atoms with Gasteiger partial charge in [0.25, 0.3) is 0 Å². The molecule has 15 nitrogen and oxygen atoms in total. The molecule has 0 aliphatic heterocycles. The number of nitrogens with zero attached hydrogens (tertiary/aromatic N) is 2. The standard InChI is InChI=1S/C21H42N10O5/c1-4-11(2)15(19(35)36)31-18(34)14(8-6-10-28-21(25)26)30-17(33)13(29-16(32)12(3)22)7-5-9-27-20(23)24/h11-15H,4-10,22H2,1-3H3,(H,29,32)(H,30,33)(H,31,34)(H,35,36)(H4,23,24,27)(H4,25,26,28). The molecule has 0 aliphatic rings. The van der Waals surface area contributed by atoms with Crippen LogP contribution >= 0.6 is 0 Å². The van der Waals surface area contributed by atoms with Crippen LogP contribution in [0.25, 0.3) is 0 Å². The molecule has 0 heterocycles. The molecule has 0 saturated heterocycles. The van der Waals surface area contributed by atoms with Crippen molar-refractivity contribution in [1.82, 2.24) is 16.0 Å². The number of carboxylic acid groups (broad SMARTS) is 1. The highest BCUT2D eigenvalue weighted by molar-refractivity contribution is 5.94. The van der Waals surface area contributed by atoms with Crippen LogP contribution in [0.15, 0.2) is 9.98 Å². The molecule has 15 heteroatoms. The second-order valence-electron chi connectivity index (χ2n) is 8.52. The summed E-state index contributed by atoms with van der Waals surface area (Å²) in [6, 6.07) is -4.16. The van der Waals surface area contributed by atoms with Gasteiger partial charge in [-0.05, 0) is 38.5 Å².